The molecule has 2 atom stereocenters. The minimum atomic E-state index is -0.106. The first-order chi connectivity index (χ1) is 4.22. The second-order valence-electron chi connectivity index (χ2n) is 3.13. The molecule has 2 N–H and O–H groups in total. The molecule has 0 spiro atoms. The van der Waals surface area contributed by atoms with Crippen LogP contribution in [0.1, 0.15) is 13.8 Å². The van der Waals surface area contributed by atoms with Gasteiger partial charge in [-0.15, -0.1) is 0 Å². The van der Waals surface area contributed by atoms with Gasteiger partial charge in [0.05, 0.1) is 6.10 Å². The molecule has 0 aliphatic carbocycles. The van der Waals surface area contributed by atoms with Gasteiger partial charge in [-0.2, -0.15) is 0 Å². The first-order valence-electron chi connectivity index (χ1n) is 3.60. The first-order valence-corrected chi connectivity index (χ1v) is 3.60. The van der Waals surface area contributed by atoms with E-state index in [1.54, 1.807) is 0 Å². The largest absolute Gasteiger partial charge is 0.391 e. The zero-order valence-corrected chi connectivity index (χ0v) is 6.09. The van der Waals surface area contributed by atoms with Crippen LogP contribution in [-0.4, -0.2) is 24.3 Å². The Morgan fingerprint density at radius 3 is 2.33 bits per heavy atom. The van der Waals surface area contributed by atoms with E-state index in [0.717, 1.165) is 13.1 Å². The number of hydrogen-bond acceptors (Lipinski definition) is 2. The van der Waals surface area contributed by atoms with Crippen LogP contribution in [0.2, 0.25) is 0 Å². The van der Waals surface area contributed by atoms with Crippen molar-refractivity contribution in [3.63, 3.8) is 0 Å². The van der Waals surface area contributed by atoms with Gasteiger partial charge in [0.25, 0.3) is 0 Å². The lowest BCUT2D eigenvalue weighted by Crippen LogP contribution is -2.22. The summed E-state index contributed by atoms with van der Waals surface area (Å²) in [6, 6.07) is 0. The van der Waals surface area contributed by atoms with Crippen molar-refractivity contribution in [3.8, 4) is 0 Å². The summed E-state index contributed by atoms with van der Waals surface area (Å²) in [5, 5.41) is 12.5. The summed E-state index contributed by atoms with van der Waals surface area (Å²) >= 11 is 0. The van der Waals surface area contributed by atoms with Crippen molar-refractivity contribution < 1.29 is 5.11 Å². The molecule has 1 fully saturated rings. The molecule has 1 aliphatic rings. The molecule has 1 aliphatic heterocycles. The summed E-state index contributed by atoms with van der Waals surface area (Å²) in [4.78, 5) is 0. The maximum absolute atomic E-state index is 9.30. The van der Waals surface area contributed by atoms with Gasteiger partial charge in [-0.3, -0.25) is 0 Å². The molecule has 2 heteroatoms. The van der Waals surface area contributed by atoms with E-state index >= 15 is 0 Å². The molecule has 1 rings (SSSR count). The van der Waals surface area contributed by atoms with Crippen molar-refractivity contribution in [1.29, 1.82) is 0 Å². The van der Waals surface area contributed by atoms with Crippen LogP contribution >= 0.6 is 0 Å². The predicted octanol–water partition coefficient (Wildman–Crippen LogP) is 0.223. The fourth-order valence-corrected chi connectivity index (χ4v) is 1.37. The number of β-amino-alcohol motifs (C(OH)–C–C–N with tert-alkyl or cyclic N) is 1. The molecule has 0 aromatic rings. The number of aliphatic hydroxyl groups excluding tert-OH is 1. The van der Waals surface area contributed by atoms with Crippen LogP contribution in [0.3, 0.4) is 0 Å². The van der Waals surface area contributed by atoms with Gasteiger partial charge in [0, 0.05) is 19.0 Å². The molecular formula is C7H15NO. The van der Waals surface area contributed by atoms with E-state index in [4.69, 9.17) is 0 Å². The van der Waals surface area contributed by atoms with Crippen LogP contribution in [0.5, 0.6) is 0 Å². The molecule has 0 saturated carbocycles. The molecular weight excluding hydrogens is 114 g/mol. The van der Waals surface area contributed by atoms with E-state index in [1.807, 2.05) is 0 Å². The molecule has 0 aromatic carbocycles. The van der Waals surface area contributed by atoms with Crippen LogP contribution in [0.15, 0.2) is 0 Å². The molecule has 0 aromatic heterocycles. The molecule has 1 unspecified atom stereocenters. The Labute approximate surface area is 56.3 Å². The molecule has 0 bridgehead atoms. The number of nitrogens with one attached hydrogen (secondary N) is 1. The van der Waals surface area contributed by atoms with Crippen LogP contribution < -0.4 is 5.32 Å². The van der Waals surface area contributed by atoms with Crippen molar-refractivity contribution in [2.45, 2.75) is 20.0 Å². The fourth-order valence-electron chi connectivity index (χ4n) is 1.37. The Morgan fingerprint density at radius 2 is 2.11 bits per heavy atom. The Bertz CT molecular complexity index is 92.9. The summed E-state index contributed by atoms with van der Waals surface area (Å²) in [5.74, 6) is 1.08. The van der Waals surface area contributed by atoms with Gasteiger partial charge >= 0.3 is 0 Å². The normalized spacial score (nSPS) is 36.0. The molecule has 1 heterocycles. The molecule has 0 amide bonds. The highest BCUT2D eigenvalue weighted by molar-refractivity contribution is 4.81. The van der Waals surface area contributed by atoms with E-state index in [-0.39, 0.29) is 6.10 Å². The van der Waals surface area contributed by atoms with Crippen LogP contribution in [0.25, 0.3) is 0 Å². The Hall–Kier alpha value is -0.0800. The number of aliphatic hydroxyl groups is 1. The highest BCUT2D eigenvalue weighted by Gasteiger charge is 2.26. The van der Waals surface area contributed by atoms with Crippen LogP contribution in [0.4, 0.5) is 0 Å². The second-order valence-corrected chi connectivity index (χ2v) is 3.13. The SMILES string of the molecule is CC(C)[C@@H]1CNCC1O. The summed E-state index contributed by atoms with van der Waals surface area (Å²) in [7, 11) is 0. The monoisotopic (exact) mass is 129 g/mol. The van der Waals surface area contributed by atoms with E-state index in [0.29, 0.717) is 11.8 Å². The maximum atomic E-state index is 9.30. The van der Waals surface area contributed by atoms with Gasteiger partial charge in [0.2, 0.25) is 0 Å². The highest BCUT2D eigenvalue weighted by Crippen LogP contribution is 2.17. The van der Waals surface area contributed by atoms with E-state index in [2.05, 4.69) is 19.2 Å². The third-order valence-corrected chi connectivity index (χ3v) is 2.08. The van der Waals surface area contributed by atoms with Crippen LogP contribution in [0, 0.1) is 11.8 Å². The van der Waals surface area contributed by atoms with Gasteiger partial charge < -0.3 is 10.4 Å². The Kier molecular flexibility index (Phi) is 2.09. The molecule has 1 saturated heterocycles. The smallest absolute Gasteiger partial charge is 0.0707 e. The molecule has 2 nitrogen and oxygen atoms in total. The van der Waals surface area contributed by atoms with Gasteiger partial charge in [-0.1, -0.05) is 13.8 Å². The molecule has 0 radical (unpaired) electrons. The highest BCUT2D eigenvalue weighted by atomic mass is 16.3. The zero-order valence-electron chi connectivity index (χ0n) is 6.09. The Morgan fingerprint density at radius 1 is 1.44 bits per heavy atom. The maximum Gasteiger partial charge on any atom is 0.0707 e. The topological polar surface area (TPSA) is 32.3 Å². The van der Waals surface area contributed by atoms with E-state index < -0.39 is 0 Å². The zero-order chi connectivity index (χ0) is 6.85. The molecule has 9 heavy (non-hydrogen) atoms. The first kappa shape index (κ1) is 7.03. The van der Waals surface area contributed by atoms with E-state index in [9.17, 15) is 5.11 Å². The van der Waals surface area contributed by atoms with E-state index in [1.165, 1.54) is 0 Å². The fraction of sp³-hybridized carbons (Fsp3) is 1.00. The van der Waals surface area contributed by atoms with Crippen LogP contribution in [-0.2, 0) is 0 Å². The van der Waals surface area contributed by atoms with Crippen molar-refractivity contribution in [3.05, 3.63) is 0 Å². The third kappa shape index (κ3) is 1.43. The Balaban J connectivity index is 2.40. The van der Waals surface area contributed by atoms with Gasteiger partial charge in [-0.05, 0) is 5.92 Å². The number of rotatable bonds is 1. The molecule has 54 valence electrons. The third-order valence-electron chi connectivity index (χ3n) is 2.08. The summed E-state index contributed by atoms with van der Waals surface area (Å²) in [6.07, 6.45) is -0.106. The second kappa shape index (κ2) is 2.67. The van der Waals surface area contributed by atoms with Gasteiger partial charge in [0.15, 0.2) is 0 Å². The average molecular weight is 129 g/mol. The predicted molar refractivity (Wildman–Crippen MR) is 37.2 cm³/mol. The standard InChI is InChI=1S/C7H15NO/c1-5(2)6-3-8-4-7(6)9/h5-9H,3-4H2,1-2H3/t6-,7?/m0/s1. The van der Waals surface area contributed by atoms with Crippen molar-refractivity contribution in [2.75, 3.05) is 13.1 Å². The number of hydrogen-bond donors (Lipinski definition) is 2. The van der Waals surface area contributed by atoms with Crippen molar-refractivity contribution >= 4 is 0 Å². The lowest BCUT2D eigenvalue weighted by molar-refractivity contribution is 0.123. The van der Waals surface area contributed by atoms with Crippen molar-refractivity contribution in [1.82, 2.24) is 5.32 Å². The minimum Gasteiger partial charge on any atom is -0.391 e. The average Bonchev–Trinajstić information content (AvgIpc) is 2.13. The van der Waals surface area contributed by atoms with Gasteiger partial charge in [0.1, 0.15) is 0 Å². The quantitative estimate of drug-likeness (QED) is 0.531. The lowest BCUT2D eigenvalue weighted by Gasteiger charge is -2.16. The van der Waals surface area contributed by atoms with Gasteiger partial charge in [-0.25, -0.2) is 0 Å². The minimum absolute atomic E-state index is 0.106. The van der Waals surface area contributed by atoms with Crippen molar-refractivity contribution in [2.24, 2.45) is 11.8 Å². The summed E-state index contributed by atoms with van der Waals surface area (Å²) < 4.78 is 0. The summed E-state index contributed by atoms with van der Waals surface area (Å²) in [6.45, 7) is 6.07. The summed E-state index contributed by atoms with van der Waals surface area (Å²) in [5.41, 5.74) is 0. The lowest BCUT2D eigenvalue weighted by atomic mass is 9.93.